The zero-order valence-corrected chi connectivity index (χ0v) is 21.0. The predicted octanol–water partition coefficient (Wildman–Crippen LogP) is 6.91. The molecule has 1 aromatic heterocycles. The zero-order valence-electron chi connectivity index (χ0n) is 21.0. The van der Waals surface area contributed by atoms with Gasteiger partial charge in [0.25, 0.3) is 0 Å². The Hall–Kier alpha value is -3.10. The first-order valence-corrected chi connectivity index (χ1v) is 12.2. The third kappa shape index (κ3) is 5.03. The molecule has 1 fully saturated rings. The fourth-order valence-corrected chi connectivity index (χ4v) is 5.26. The van der Waals surface area contributed by atoms with Crippen LogP contribution in [-0.2, 0) is 11.3 Å². The first-order chi connectivity index (χ1) is 16.2. The van der Waals surface area contributed by atoms with Gasteiger partial charge < -0.3 is 4.74 Å². The van der Waals surface area contributed by atoms with Crippen LogP contribution in [0.1, 0.15) is 68.3 Å². The van der Waals surface area contributed by atoms with E-state index in [0.717, 1.165) is 42.4 Å². The second-order valence-corrected chi connectivity index (χ2v) is 10.6. The summed E-state index contributed by atoms with van der Waals surface area (Å²) in [4.78, 5) is 15.5. The Kier molecular flexibility index (Phi) is 6.81. The van der Waals surface area contributed by atoms with Gasteiger partial charge in [0.15, 0.2) is 0 Å². The fourth-order valence-electron chi connectivity index (χ4n) is 5.26. The van der Waals surface area contributed by atoms with E-state index in [2.05, 4.69) is 67.3 Å². The fraction of sp³-hybridized carbons (Fsp3) is 0.448. The Bertz CT molecular complexity index is 1210. The topological polar surface area (TPSA) is 58.3 Å². The van der Waals surface area contributed by atoms with Crippen LogP contribution in [0.25, 0.3) is 10.9 Å². The van der Waals surface area contributed by atoms with Crippen molar-refractivity contribution >= 4 is 17.0 Å². The first-order valence-electron chi connectivity index (χ1n) is 12.2. The highest BCUT2D eigenvalue weighted by Crippen LogP contribution is 2.38. The second kappa shape index (κ2) is 9.64. The van der Waals surface area contributed by atoms with Gasteiger partial charge >= 0.3 is 6.09 Å². The number of piperidine rings is 1. The van der Waals surface area contributed by atoms with E-state index in [-0.39, 0.29) is 12.1 Å². The maximum absolute atomic E-state index is 12.9. The van der Waals surface area contributed by atoms with Gasteiger partial charge in [-0.15, -0.1) is 0 Å². The number of ether oxygens (including phenoxy) is 1. The van der Waals surface area contributed by atoms with Crippen LogP contribution >= 0.6 is 0 Å². The van der Waals surface area contributed by atoms with Crippen LogP contribution in [-0.4, -0.2) is 27.7 Å². The lowest BCUT2D eigenvalue weighted by Gasteiger charge is -2.40. The molecule has 2 atom stereocenters. The molecule has 4 rings (SSSR count). The average Bonchev–Trinajstić information content (AvgIpc) is 3.23. The largest absolute Gasteiger partial charge is 0.443 e. The molecule has 34 heavy (non-hydrogen) atoms. The molecule has 1 aliphatic rings. The molecule has 0 N–H and O–H groups in total. The van der Waals surface area contributed by atoms with Crippen molar-refractivity contribution in [2.24, 2.45) is 5.92 Å². The lowest BCUT2D eigenvalue weighted by atomic mass is 9.85. The molecule has 2 heterocycles. The van der Waals surface area contributed by atoms with Crippen LogP contribution in [0.2, 0.25) is 0 Å². The van der Waals surface area contributed by atoms with E-state index in [0.29, 0.717) is 12.3 Å². The normalized spacial score (nSPS) is 19.2. The number of hydrogen-bond donors (Lipinski definition) is 0. The summed E-state index contributed by atoms with van der Waals surface area (Å²) in [5.41, 5.74) is 5.23. The molecule has 5 nitrogen and oxygen atoms in total. The van der Waals surface area contributed by atoms with E-state index >= 15 is 0 Å². The number of nitrogens with zero attached hydrogens (tertiary/aromatic N) is 3. The molecule has 178 valence electrons. The number of rotatable bonds is 4. The lowest BCUT2D eigenvalue weighted by molar-refractivity contribution is 0.0544. The summed E-state index contributed by atoms with van der Waals surface area (Å²) in [5.74, 6) is 0.429. The average molecular weight is 458 g/mol. The Morgan fingerprint density at radius 3 is 2.56 bits per heavy atom. The Balaban J connectivity index is 1.71. The summed E-state index contributed by atoms with van der Waals surface area (Å²) in [5, 5.41) is 10.4. The molecule has 0 bridgehead atoms. The highest BCUT2D eigenvalue weighted by atomic mass is 16.6. The standard InChI is InChI=1S/C29H35N3O2/c1-20-17-21(2)27-24(13-16-32(27)28(33)34-29(3,4)5)25(20)19-31-15-12-22(11-14-30)18-26(31)23-9-7-6-8-10-23/h6-10,13,16-17,22,26H,11-12,15,18-19H2,1-5H3. The Morgan fingerprint density at radius 2 is 1.88 bits per heavy atom. The van der Waals surface area contributed by atoms with Crippen molar-refractivity contribution in [1.29, 1.82) is 5.26 Å². The molecule has 0 amide bonds. The number of nitriles is 1. The smallest absolute Gasteiger partial charge is 0.418 e. The van der Waals surface area contributed by atoms with Gasteiger partial charge in [0.05, 0.1) is 11.6 Å². The minimum atomic E-state index is -0.550. The van der Waals surface area contributed by atoms with Crippen LogP contribution in [0.15, 0.2) is 48.7 Å². The maximum atomic E-state index is 12.9. The molecule has 0 radical (unpaired) electrons. The minimum Gasteiger partial charge on any atom is -0.443 e. The van der Waals surface area contributed by atoms with E-state index in [4.69, 9.17) is 4.74 Å². The highest BCUT2D eigenvalue weighted by Gasteiger charge is 2.30. The number of benzene rings is 2. The van der Waals surface area contributed by atoms with E-state index in [1.807, 2.05) is 27.0 Å². The van der Waals surface area contributed by atoms with Gasteiger partial charge in [0.1, 0.15) is 5.60 Å². The number of fused-ring (bicyclic) bond motifs is 1. The van der Waals surface area contributed by atoms with E-state index < -0.39 is 5.60 Å². The van der Waals surface area contributed by atoms with Gasteiger partial charge in [0.2, 0.25) is 0 Å². The van der Waals surface area contributed by atoms with Crippen molar-refractivity contribution in [3.63, 3.8) is 0 Å². The van der Waals surface area contributed by atoms with Gasteiger partial charge in [-0.3, -0.25) is 9.47 Å². The SMILES string of the molecule is Cc1cc(C)c2c(ccn2C(=O)OC(C)(C)C)c1CN1CCC(CC#N)CC1c1ccccc1. The van der Waals surface area contributed by atoms with Crippen LogP contribution in [0.4, 0.5) is 4.79 Å². The third-order valence-corrected chi connectivity index (χ3v) is 6.83. The monoisotopic (exact) mass is 457 g/mol. The van der Waals surface area contributed by atoms with Crippen molar-refractivity contribution in [3.8, 4) is 6.07 Å². The highest BCUT2D eigenvalue weighted by molar-refractivity contribution is 5.94. The summed E-state index contributed by atoms with van der Waals surface area (Å²) < 4.78 is 7.31. The molecule has 0 spiro atoms. The van der Waals surface area contributed by atoms with Crippen LogP contribution in [0, 0.1) is 31.1 Å². The van der Waals surface area contributed by atoms with Crippen molar-refractivity contribution in [3.05, 3.63) is 70.9 Å². The Labute approximate surface area is 202 Å². The lowest BCUT2D eigenvalue weighted by Crippen LogP contribution is -2.36. The van der Waals surface area contributed by atoms with Gasteiger partial charge in [0, 0.05) is 30.6 Å². The first kappa shape index (κ1) is 24.0. The number of aryl methyl sites for hydroxylation is 2. The van der Waals surface area contributed by atoms with Gasteiger partial charge in [-0.05, 0) is 88.2 Å². The van der Waals surface area contributed by atoms with E-state index in [1.54, 1.807) is 4.57 Å². The maximum Gasteiger partial charge on any atom is 0.418 e. The summed E-state index contributed by atoms with van der Waals surface area (Å²) in [6, 6.07) is 17.5. The molecule has 0 saturated carbocycles. The van der Waals surface area contributed by atoms with E-state index in [9.17, 15) is 10.1 Å². The number of hydrogen-bond acceptors (Lipinski definition) is 4. The summed E-state index contributed by atoms with van der Waals surface area (Å²) in [6.07, 6.45) is 4.13. The molecule has 5 heteroatoms. The summed E-state index contributed by atoms with van der Waals surface area (Å²) >= 11 is 0. The predicted molar refractivity (Wildman–Crippen MR) is 136 cm³/mol. The molecule has 0 aliphatic carbocycles. The molecular formula is C29H35N3O2. The minimum absolute atomic E-state index is 0.275. The molecule has 3 aromatic rings. The number of carbonyl (C=O) groups is 1. The van der Waals surface area contributed by atoms with Crippen LogP contribution < -0.4 is 0 Å². The number of aromatic nitrogens is 1. The van der Waals surface area contributed by atoms with Crippen molar-refractivity contribution < 1.29 is 9.53 Å². The van der Waals surface area contributed by atoms with Gasteiger partial charge in [-0.25, -0.2) is 4.79 Å². The molecule has 1 saturated heterocycles. The molecule has 2 aromatic carbocycles. The third-order valence-electron chi connectivity index (χ3n) is 6.83. The van der Waals surface area contributed by atoms with Crippen molar-refractivity contribution in [1.82, 2.24) is 9.47 Å². The van der Waals surface area contributed by atoms with Gasteiger partial charge in [-0.1, -0.05) is 36.4 Å². The number of carbonyl (C=O) groups excluding carboxylic acids is 1. The molecule has 2 unspecified atom stereocenters. The second-order valence-electron chi connectivity index (χ2n) is 10.6. The van der Waals surface area contributed by atoms with Crippen molar-refractivity contribution in [2.45, 2.75) is 72.1 Å². The summed E-state index contributed by atoms with van der Waals surface area (Å²) in [7, 11) is 0. The quantitative estimate of drug-likeness (QED) is 0.427. The van der Waals surface area contributed by atoms with Crippen LogP contribution in [0.5, 0.6) is 0 Å². The van der Waals surface area contributed by atoms with Crippen LogP contribution in [0.3, 0.4) is 0 Å². The summed E-state index contributed by atoms with van der Waals surface area (Å²) in [6.45, 7) is 11.6. The van der Waals surface area contributed by atoms with E-state index in [1.165, 1.54) is 16.7 Å². The van der Waals surface area contributed by atoms with Gasteiger partial charge in [-0.2, -0.15) is 5.26 Å². The zero-order chi connectivity index (χ0) is 24.5. The number of likely N-dealkylation sites (tertiary alicyclic amines) is 1. The Morgan fingerprint density at radius 1 is 1.15 bits per heavy atom. The molecular weight excluding hydrogens is 422 g/mol. The van der Waals surface area contributed by atoms with Crippen molar-refractivity contribution in [2.75, 3.05) is 6.54 Å². The molecule has 1 aliphatic heterocycles.